The van der Waals surface area contributed by atoms with Crippen LogP contribution in [0.2, 0.25) is 5.02 Å². The van der Waals surface area contributed by atoms with Gasteiger partial charge in [-0.05, 0) is 42.0 Å². The van der Waals surface area contributed by atoms with Gasteiger partial charge in [-0.25, -0.2) is 9.78 Å². The standard InChI is InChI=1S/C23H21ClN2O4/c1-3-26-11-14(8-13-9-17(24)22(27)19(10-13)30-2)21-16(12-26)20(23(28)29)15-6-4-5-7-18(15)25-21/h4-10,27H,3,11-12H2,1-2H3,(H,28,29). The highest BCUT2D eigenvalue weighted by Crippen LogP contribution is 2.38. The number of phenols is 1. The predicted molar refractivity (Wildman–Crippen MR) is 117 cm³/mol. The quantitative estimate of drug-likeness (QED) is 0.633. The second-order valence-corrected chi connectivity index (χ2v) is 7.57. The summed E-state index contributed by atoms with van der Waals surface area (Å²) < 4.78 is 5.21. The lowest BCUT2D eigenvalue weighted by Gasteiger charge is -2.30. The first kappa shape index (κ1) is 20.2. The molecule has 4 rings (SSSR count). The molecule has 1 aromatic heterocycles. The van der Waals surface area contributed by atoms with Gasteiger partial charge in [-0.3, -0.25) is 4.90 Å². The van der Waals surface area contributed by atoms with Gasteiger partial charge in [-0.1, -0.05) is 36.7 Å². The van der Waals surface area contributed by atoms with Crippen LogP contribution in [-0.2, 0) is 6.54 Å². The maximum absolute atomic E-state index is 12.2. The first-order chi connectivity index (χ1) is 14.4. The maximum Gasteiger partial charge on any atom is 0.336 e. The third-order valence-corrected chi connectivity index (χ3v) is 5.63. The van der Waals surface area contributed by atoms with Crippen molar-refractivity contribution in [2.24, 2.45) is 0 Å². The van der Waals surface area contributed by atoms with E-state index in [9.17, 15) is 15.0 Å². The van der Waals surface area contributed by atoms with Crippen molar-refractivity contribution in [1.82, 2.24) is 9.88 Å². The van der Waals surface area contributed by atoms with Gasteiger partial charge >= 0.3 is 5.97 Å². The summed E-state index contributed by atoms with van der Waals surface area (Å²) in [6.45, 7) is 3.94. The molecule has 3 aromatic rings. The zero-order chi connectivity index (χ0) is 21.4. The van der Waals surface area contributed by atoms with Gasteiger partial charge in [0.25, 0.3) is 0 Å². The van der Waals surface area contributed by atoms with Gasteiger partial charge in [0.2, 0.25) is 0 Å². The molecule has 0 radical (unpaired) electrons. The maximum atomic E-state index is 12.2. The summed E-state index contributed by atoms with van der Waals surface area (Å²) in [5.41, 5.74) is 3.94. The average Bonchev–Trinajstić information content (AvgIpc) is 2.74. The number of benzene rings is 2. The number of aromatic hydroxyl groups is 1. The Labute approximate surface area is 179 Å². The molecule has 2 aromatic carbocycles. The van der Waals surface area contributed by atoms with Crippen molar-refractivity contribution < 1.29 is 19.7 Å². The summed E-state index contributed by atoms with van der Waals surface area (Å²) in [6, 6.07) is 10.6. The van der Waals surface area contributed by atoms with Crippen LogP contribution < -0.4 is 4.74 Å². The molecule has 0 aliphatic carbocycles. The van der Waals surface area contributed by atoms with E-state index in [0.29, 0.717) is 40.8 Å². The number of carboxylic acids is 1. The number of hydrogen-bond donors (Lipinski definition) is 2. The van der Waals surface area contributed by atoms with Gasteiger partial charge in [0.05, 0.1) is 28.9 Å². The molecule has 2 heterocycles. The molecule has 30 heavy (non-hydrogen) atoms. The fourth-order valence-corrected chi connectivity index (χ4v) is 4.10. The van der Waals surface area contributed by atoms with Crippen molar-refractivity contribution in [1.29, 1.82) is 0 Å². The van der Waals surface area contributed by atoms with Crippen LogP contribution in [0.25, 0.3) is 22.6 Å². The van der Waals surface area contributed by atoms with Crippen LogP contribution in [0.15, 0.2) is 36.4 Å². The Morgan fingerprint density at radius 1 is 1.30 bits per heavy atom. The van der Waals surface area contributed by atoms with Gasteiger partial charge in [0, 0.05) is 24.0 Å². The molecule has 0 bridgehead atoms. The van der Waals surface area contributed by atoms with E-state index in [0.717, 1.165) is 17.7 Å². The third-order valence-electron chi connectivity index (χ3n) is 5.35. The van der Waals surface area contributed by atoms with Crippen LogP contribution in [0.1, 0.15) is 34.1 Å². The van der Waals surface area contributed by atoms with E-state index in [1.807, 2.05) is 31.2 Å². The van der Waals surface area contributed by atoms with Gasteiger partial charge in [0.1, 0.15) is 0 Å². The molecule has 0 saturated heterocycles. The molecule has 0 unspecified atom stereocenters. The number of pyridine rings is 1. The summed E-state index contributed by atoms with van der Waals surface area (Å²) in [4.78, 5) is 19.2. The number of likely N-dealkylation sites (N-methyl/N-ethyl adjacent to an activating group) is 1. The number of halogens is 1. The number of methoxy groups -OCH3 is 1. The molecule has 0 spiro atoms. The topological polar surface area (TPSA) is 82.9 Å². The summed E-state index contributed by atoms with van der Waals surface area (Å²) in [7, 11) is 1.46. The van der Waals surface area contributed by atoms with Gasteiger partial charge in [0.15, 0.2) is 11.5 Å². The number of ether oxygens (including phenoxy) is 1. The molecule has 0 amide bonds. The van der Waals surface area contributed by atoms with Crippen molar-refractivity contribution in [3.8, 4) is 11.5 Å². The Balaban J connectivity index is 1.97. The molecule has 7 heteroatoms. The minimum absolute atomic E-state index is 0.113. The van der Waals surface area contributed by atoms with E-state index < -0.39 is 5.97 Å². The fraction of sp³-hybridized carbons (Fsp3) is 0.217. The second-order valence-electron chi connectivity index (χ2n) is 7.16. The highest BCUT2D eigenvalue weighted by atomic mass is 35.5. The van der Waals surface area contributed by atoms with Crippen molar-refractivity contribution >= 4 is 40.1 Å². The Morgan fingerprint density at radius 2 is 2.07 bits per heavy atom. The molecular weight excluding hydrogens is 404 g/mol. The summed E-state index contributed by atoms with van der Waals surface area (Å²) in [5, 5.41) is 20.8. The molecule has 0 saturated carbocycles. The number of rotatable bonds is 4. The Hall–Kier alpha value is -3.09. The lowest BCUT2D eigenvalue weighted by atomic mass is 9.92. The first-order valence-electron chi connectivity index (χ1n) is 9.57. The molecule has 1 aliphatic heterocycles. The van der Waals surface area contributed by atoms with E-state index in [1.54, 1.807) is 18.2 Å². The summed E-state index contributed by atoms with van der Waals surface area (Å²) >= 11 is 6.15. The number of aromatic nitrogens is 1. The minimum atomic E-state index is -0.962. The molecule has 0 atom stereocenters. The molecule has 154 valence electrons. The van der Waals surface area contributed by atoms with Crippen molar-refractivity contribution in [2.75, 3.05) is 20.2 Å². The number of hydrogen-bond acceptors (Lipinski definition) is 5. The summed E-state index contributed by atoms with van der Waals surface area (Å²) in [5.74, 6) is -0.801. The SMILES string of the molecule is CCN1CC(=Cc2cc(Cl)c(O)c(OC)c2)c2nc3ccccc3c(C(=O)O)c2C1. The third kappa shape index (κ3) is 3.49. The minimum Gasteiger partial charge on any atom is -0.503 e. The number of fused-ring (bicyclic) bond motifs is 2. The number of phenolic OH excluding ortho intramolecular Hbond substituents is 1. The number of aromatic carboxylic acids is 1. The second kappa shape index (κ2) is 7.97. The molecule has 6 nitrogen and oxygen atoms in total. The lowest BCUT2D eigenvalue weighted by molar-refractivity contribution is 0.0696. The van der Waals surface area contributed by atoms with Gasteiger partial charge < -0.3 is 14.9 Å². The Kier molecular flexibility index (Phi) is 5.37. The lowest BCUT2D eigenvalue weighted by Crippen LogP contribution is -2.31. The number of carbonyl (C=O) groups is 1. The predicted octanol–water partition coefficient (Wildman–Crippen LogP) is 4.68. The van der Waals surface area contributed by atoms with E-state index >= 15 is 0 Å². The van der Waals surface area contributed by atoms with Crippen molar-refractivity contribution in [3.63, 3.8) is 0 Å². The normalized spacial score (nSPS) is 15.4. The van der Waals surface area contributed by atoms with Crippen molar-refractivity contribution in [3.05, 3.63) is 63.8 Å². The van der Waals surface area contributed by atoms with E-state index in [4.69, 9.17) is 21.3 Å². The van der Waals surface area contributed by atoms with Gasteiger partial charge in [-0.2, -0.15) is 0 Å². The van der Waals surface area contributed by atoms with Crippen LogP contribution in [0.4, 0.5) is 0 Å². The molecule has 2 N–H and O–H groups in total. The zero-order valence-electron chi connectivity index (χ0n) is 16.6. The zero-order valence-corrected chi connectivity index (χ0v) is 17.4. The Morgan fingerprint density at radius 3 is 2.77 bits per heavy atom. The summed E-state index contributed by atoms with van der Waals surface area (Å²) in [6.07, 6.45) is 1.92. The van der Waals surface area contributed by atoms with Crippen LogP contribution in [-0.4, -0.2) is 46.3 Å². The van der Waals surface area contributed by atoms with E-state index in [1.165, 1.54) is 7.11 Å². The molecule has 1 aliphatic rings. The highest BCUT2D eigenvalue weighted by molar-refractivity contribution is 6.32. The number of carboxylic acid groups (broad SMARTS) is 1. The first-order valence-corrected chi connectivity index (χ1v) is 9.95. The van der Waals surface area contributed by atoms with E-state index in [-0.39, 0.29) is 16.5 Å². The van der Waals surface area contributed by atoms with Crippen LogP contribution in [0.3, 0.4) is 0 Å². The van der Waals surface area contributed by atoms with Gasteiger partial charge in [-0.15, -0.1) is 0 Å². The van der Waals surface area contributed by atoms with Crippen LogP contribution in [0.5, 0.6) is 11.5 Å². The monoisotopic (exact) mass is 424 g/mol. The molecule has 0 fully saturated rings. The highest BCUT2D eigenvalue weighted by Gasteiger charge is 2.28. The number of para-hydroxylation sites is 1. The van der Waals surface area contributed by atoms with Crippen molar-refractivity contribution in [2.45, 2.75) is 13.5 Å². The Bertz CT molecular complexity index is 1190. The van der Waals surface area contributed by atoms with E-state index in [2.05, 4.69) is 4.90 Å². The molecular formula is C23H21ClN2O4. The largest absolute Gasteiger partial charge is 0.503 e. The average molecular weight is 425 g/mol. The van der Waals surface area contributed by atoms with Crippen LogP contribution >= 0.6 is 11.6 Å². The fourth-order valence-electron chi connectivity index (χ4n) is 3.88. The van der Waals surface area contributed by atoms with Crippen LogP contribution in [0, 0.1) is 0 Å². The smallest absolute Gasteiger partial charge is 0.336 e. The number of nitrogens with zero attached hydrogens (tertiary/aromatic N) is 2.